The Labute approximate surface area is 168 Å². The summed E-state index contributed by atoms with van der Waals surface area (Å²) >= 11 is 5.92. The molecule has 0 radical (unpaired) electrons. The van der Waals surface area contributed by atoms with Crippen LogP contribution < -0.4 is 16.4 Å². The molecular weight excluding hydrogens is 402 g/mol. The van der Waals surface area contributed by atoms with Crippen molar-refractivity contribution in [3.63, 3.8) is 0 Å². The highest BCUT2D eigenvalue weighted by Crippen LogP contribution is 2.21. The normalized spacial score (nSPS) is 10.6. The lowest BCUT2D eigenvalue weighted by atomic mass is 10.1. The van der Waals surface area contributed by atoms with E-state index < -0.39 is 16.7 Å². The largest absolute Gasteiger partial charge is 0.290 e. The molecule has 11 heteroatoms. The van der Waals surface area contributed by atoms with E-state index in [9.17, 15) is 24.5 Å². The number of hydrazine groups is 1. The van der Waals surface area contributed by atoms with E-state index in [1.807, 2.05) is 0 Å². The number of rotatable bonds is 4. The molecule has 0 fully saturated rings. The summed E-state index contributed by atoms with van der Waals surface area (Å²) in [4.78, 5) is 47.4. The van der Waals surface area contributed by atoms with E-state index in [0.29, 0.717) is 10.8 Å². The van der Waals surface area contributed by atoms with Crippen molar-refractivity contribution in [2.75, 3.05) is 0 Å². The summed E-state index contributed by atoms with van der Waals surface area (Å²) in [6.45, 7) is 1.95. The molecule has 0 spiro atoms. The van der Waals surface area contributed by atoms with Gasteiger partial charge in [-0.05, 0) is 19.1 Å². The Bertz CT molecular complexity index is 1210. The Morgan fingerprint density at radius 2 is 1.79 bits per heavy atom. The standard InChI is InChI=1S/C18H14ClN5O5/c1-2-23-18(27)12-6-4-3-5-11(12)15(22-23)17(26)21-20-16(25)13-9-10(24(28)29)7-8-14(13)19/h3-9H,2H2,1H3,(H,20,25)(H,21,26). The van der Waals surface area contributed by atoms with Crippen molar-refractivity contribution in [2.45, 2.75) is 13.5 Å². The van der Waals surface area contributed by atoms with Crippen molar-refractivity contribution in [1.82, 2.24) is 20.6 Å². The number of benzene rings is 2. The summed E-state index contributed by atoms with van der Waals surface area (Å²) in [6.07, 6.45) is 0. The molecule has 2 N–H and O–H groups in total. The van der Waals surface area contributed by atoms with Gasteiger partial charge >= 0.3 is 0 Å². The van der Waals surface area contributed by atoms with Crippen LogP contribution in [0, 0.1) is 10.1 Å². The van der Waals surface area contributed by atoms with Gasteiger partial charge in [-0.15, -0.1) is 0 Å². The fraction of sp³-hybridized carbons (Fsp3) is 0.111. The predicted octanol–water partition coefficient (Wildman–Crippen LogP) is 2.05. The average Bonchev–Trinajstić information content (AvgIpc) is 2.72. The number of nitrogens with one attached hydrogen (secondary N) is 2. The Hall–Kier alpha value is -3.79. The SMILES string of the molecule is CCn1nc(C(=O)NNC(=O)c2cc([N+](=O)[O-])ccc2Cl)c2ccccc2c1=O. The summed E-state index contributed by atoms with van der Waals surface area (Å²) in [5.74, 6) is -1.61. The first-order valence-corrected chi connectivity index (χ1v) is 8.75. The molecule has 3 aromatic rings. The second-order valence-electron chi connectivity index (χ2n) is 5.84. The number of carbonyl (C=O) groups is 2. The number of hydrogen-bond donors (Lipinski definition) is 2. The van der Waals surface area contributed by atoms with Gasteiger partial charge in [0.05, 0.1) is 20.9 Å². The number of non-ortho nitro benzene ring substituents is 1. The first-order valence-electron chi connectivity index (χ1n) is 8.38. The fourth-order valence-corrected chi connectivity index (χ4v) is 2.86. The third kappa shape index (κ3) is 3.92. The Morgan fingerprint density at radius 1 is 1.14 bits per heavy atom. The molecule has 0 aliphatic heterocycles. The third-order valence-electron chi connectivity index (χ3n) is 4.08. The monoisotopic (exact) mass is 415 g/mol. The van der Waals surface area contributed by atoms with E-state index >= 15 is 0 Å². The summed E-state index contributed by atoms with van der Waals surface area (Å²) < 4.78 is 1.14. The number of halogens is 1. The first kappa shape index (κ1) is 20.0. The van der Waals surface area contributed by atoms with E-state index in [4.69, 9.17) is 11.6 Å². The summed E-state index contributed by atoms with van der Waals surface area (Å²) in [5.41, 5.74) is 3.43. The van der Waals surface area contributed by atoms with Crippen molar-refractivity contribution < 1.29 is 14.5 Å². The molecular formula is C18H14ClN5O5. The van der Waals surface area contributed by atoms with E-state index in [1.165, 1.54) is 6.07 Å². The summed E-state index contributed by atoms with van der Waals surface area (Å²) in [6, 6.07) is 9.82. The van der Waals surface area contributed by atoms with E-state index in [0.717, 1.165) is 16.8 Å². The minimum absolute atomic E-state index is 0.0227. The van der Waals surface area contributed by atoms with Crippen LogP contribution in [0.2, 0.25) is 5.02 Å². The van der Waals surface area contributed by atoms with Crippen LogP contribution in [0.4, 0.5) is 5.69 Å². The smallest absolute Gasteiger partial charge is 0.267 e. The topological polar surface area (TPSA) is 136 Å². The van der Waals surface area contributed by atoms with Crippen molar-refractivity contribution in [1.29, 1.82) is 0 Å². The molecule has 0 unspecified atom stereocenters. The number of hydrogen-bond acceptors (Lipinski definition) is 6. The second kappa shape index (κ2) is 8.07. The number of amides is 2. The lowest BCUT2D eigenvalue weighted by molar-refractivity contribution is -0.384. The first-order chi connectivity index (χ1) is 13.8. The van der Waals surface area contributed by atoms with Gasteiger partial charge in [0.25, 0.3) is 23.1 Å². The molecule has 1 heterocycles. The second-order valence-corrected chi connectivity index (χ2v) is 6.25. The van der Waals surface area contributed by atoms with Gasteiger partial charge in [-0.3, -0.25) is 35.3 Å². The van der Waals surface area contributed by atoms with E-state index in [-0.39, 0.29) is 34.1 Å². The van der Waals surface area contributed by atoms with Crippen LogP contribution in [0.5, 0.6) is 0 Å². The van der Waals surface area contributed by atoms with Gasteiger partial charge in [0.1, 0.15) is 0 Å². The Kier molecular flexibility index (Phi) is 5.55. The van der Waals surface area contributed by atoms with Gasteiger partial charge in [-0.1, -0.05) is 29.8 Å². The van der Waals surface area contributed by atoms with Crippen LogP contribution in [0.1, 0.15) is 27.8 Å². The molecule has 0 atom stereocenters. The summed E-state index contributed by atoms with van der Waals surface area (Å²) in [5, 5.41) is 15.5. The van der Waals surface area contributed by atoms with Gasteiger partial charge < -0.3 is 0 Å². The molecule has 0 saturated carbocycles. The van der Waals surface area contributed by atoms with Gasteiger partial charge in [0, 0.05) is 24.1 Å². The number of fused-ring (bicyclic) bond motifs is 1. The quantitative estimate of drug-likeness (QED) is 0.494. The van der Waals surface area contributed by atoms with Crippen LogP contribution in [0.15, 0.2) is 47.3 Å². The highest BCUT2D eigenvalue weighted by atomic mass is 35.5. The number of carbonyl (C=O) groups excluding carboxylic acids is 2. The molecule has 2 amide bonds. The molecule has 2 aromatic carbocycles. The van der Waals surface area contributed by atoms with Crippen molar-refractivity contribution in [2.24, 2.45) is 0 Å². The van der Waals surface area contributed by atoms with Crippen LogP contribution in [-0.2, 0) is 6.54 Å². The number of nitrogens with zero attached hydrogens (tertiary/aromatic N) is 3. The maximum absolute atomic E-state index is 12.6. The van der Waals surface area contributed by atoms with E-state index in [2.05, 4.69) is 16.0 Å². The number of aryl methyl sites for hydroxylation is 1. The molecule has 148 valence electrons. The van der Waals surface area contributed by atoms with Gasteiger partial charge in [-0.25, -0.2) is 4.68 Å². The zero-order valence-corrected chi connectivity index (χ0v) is 15.8. The Morgan fingerprint density at radius 3 is 2.45 bits per heavy atom. The maximum Gasteiger partial charge on any atom is 0.290 e. The minimum Gasteiger partial charge on any atom is -0.267 e. The summed E-state index contributed by atoms with van der Waals surface area (Å²) in [7, 11) is 0. The van der Waals surface area contributed by atoms with Crippen molar-refractivity contribution in [3.05, 3.63) is 79.2 Å². The van der Waals surface area contributed by atoms with Crippen LogP contribution in [-0.4, -0.2) is 26.5 Å². The fourth-order valence-electron chi connectivity index (χ4n) is 2.66. The van der Waals surface area contributed by atoms with Crippen LogP contribution >= 0.6 is 11.6 Å². The lowest BCUT2D eigenvalue weighted by Crippen LogP contribution is -2.43. The van der Waals surface area contributed by atoms with Gasteiger partial charge in [-0.2, -0.15) is 5.10 Å². The lowest BCUT2D eigenvalue weighted by Gasteiger charge is -2.11. The molecule has 29 heavy (non-hydrogen) atoms. The highest BCUT2D eigenvalue weighted by Gasteiger charge is 2.19. The highest BCUT2D eigenvalue weighted by molar-refractivity contribution is 6.34. The third-order valence-corrected chi connectivity index (χ3v) is 4.41. The molecule has 10 nitrogen and oxygen atoms in total. The van der Waals surface area contributed by atoms with Crippen molar-refractivity contribution in [3.8, 4) is 0 Å². The van der Waals surface area contributed by atoms with E-state index in [1.54, 1.807) is 31.2 Å². The molecule has 0 aliphatic rings. The molecule has 3 rings (SSSR count). The van der Waals surface area contributed by atoms with Gasteiger partial charge in [0.2, 0.25) is 0 Å². The minimum atomic E-state index is -0.847. The van der Waals surface area contributed by atoms with Crippen LogP contribution in [0.25, 0.3) is 10.8 Å². The molecule has 1 aromatic heterocycles. The maximum atomic E-state index is 12.6. The van der Waals surface area contributed by atoms with Crippen molar-refractivity contribution >= 4 is 39.9 Å². The van der Waals surface area contributed by atoms with Gasteiger partial charge in [0.15, 0.2) is 5.69 Å². The average molecular weight is 416 g/mol. The number of aromatic nitrogens is 2. The zero-order chi connectivity index (χ0) is 21.1. The number of nitro groups is 1. The molecule has 0 bridgehead atoms. The predicted molar refractivity (Wildman–Crippen MR) is 105 cm³/mol. The Balaban J connectivity index is 1.88. The zero-order valence-electron chi connectivity index (χ0n) is 15.0. The van der Waals surface area contributed by atoms with Crippen LogP contribution in [0.3, 0.4) is 0 Å². The molecule has 0 aliphatic carbocycles. The molecule has 0 saturated heterocycles. The number of nitro benzene ring substituents is 1.